The first-order valence-corrected chi connectivity index (χ1v) is 7.01. The fraction of sp³-hybridized carbons (Fsp3) is 0.500. The molecule has 2 nitrogen and oxygen atoms in total. The van der Waals surface area contributed by atoms with Gasteiger partial charge in [0.1, 0.15) is 11.6 Å². The quantitative estimate of drug-likeness (QED) is 0.837. The van der Waals surface area contributed by atoms with E-state index in [-0.39, 0.29) is 11.3 Å². The zero-order chi connectivity index (χ0) is 12.4. The molecular formula is C12H15F2NOS. The Balaban J connectivity index is 2.23. The predicted octanol–water partition coefficient (Wildman–Crippen LogP) is 2.14. The standard InChI is InChI=1S/C12H15F2NOS/c1-8-2-3-15-12(7-17(8)16)9-4-10(13)6-11(14)5-9/h4-6,8,12,15H,2-3,7H2,1H3. The van der Waals surface area contributed by atoms with E-state index in [0.29, 0.717) is 11.3 Å². The molecule has 0 aromatic heterocycles. The second kappa shape index (κ2) is 5.23. The highest BCUT2D eigenvalue weighted by atomic mass is 32.2. The number of benzene rings is 1. The fourth-order valence-corrected chi connectivity index (χ4v) is 3.32. The summed E-state index contributed by atoms with van der Waals surface area (Å²) in [6, 6.07) is 3.22. The summed E-state index contributed by atoms with van der Waals surface area (Å²) in [6.45, 7) is 2.65. The molecule has 0 radical (unpaired) electrons. The van der Waals surface area contributed by atoms with Crippen molar-refractivity contribution in [2.75, 3.05) is 12.3 Å². The lowest BCUT2D eigenvalue weighted by Gasteiger charge is -2.15. The van der Waals surface area contributed by atoms with Gasteiger partial charge in [-0.25, -0.2) is 8.78 Å². The predicted molar refractivity (Wildman–Crippen MR) is 64.2 cm³/mol. The monoisotopic (exact) mass is 259 g/mol. The van der Waals surface area contributed by atoms with Gasteiger partial charge >= 0.3 is 0 Å². The maximum Gasteiger partial charge on any atom is 0.126 e. The minimum Gasteiger partial charge on any atom is -0.309 e. The van der Waals surface area contributed by atoms with Crippen LogP contribution in [-0.4, -0.2) is 21.8 Å². The molecule has 1 saturated heterocycles. The molecule has 17 heavy (non-hydrogen) atoms. The van der Waals surface area contributed by atoms with Crippen molar-refractivity contribution in [2.24, 2.45) is 0 Å². The first-order chi connectivity index (χ1) is 8.06. The van der Waals surface area contributed by atoms with E-state index >= 15 is 0 Å². The van der Waals surface area contributed by atoms with Crippen LogP contribution in [0.3, 0.4) is 0 Å². The molecule has 1 N–H and O–H groups in total. The van der Waals surface area contributed by atoms with Crippen molar-refractivity contribution < 1.29 is 13.0 Å². The zero-order valence-electron chi connectivity index (χ0n) is 9.58. The highest BCUT2D eigenvalue weighted by Crippen LogP contribution is 2.21. The van der Waals surface area contributed by atoms with Crippen LogP contribution in [-0.2, 0) is 10.8 Å². The van der Waals surface area contributed by atoms with E-state index < -0.39 is 22.4 Å². The van der Waals surface area contributed by atoms with E-state index in [0.717, 1.165) is 19.0 Å². The number of hydrogen-bond donors (Lipinski definition) is 1. The summed E-state index contributed by atoms with van der Waals surface area (Å²) < 4.78 is 38.1. The van der Waals surface area contributed by atoms with Crippen LogP contribution in [0.25, 0.3) is 0 Å². The normalized spacial score (nSPS) is 29.9. The maximum atomic E-state index is 13.1. The maximum absolute atomic E-state index is 13.1. The molecule has 0 bridgehead atoms. The molecule has 1 aromatic carbocycles. The summed E-state index contributed by atoms with van der Waals surface area (Å²) in [7, 11) is -0.954. The summed E-state index contributed by atoms with van der Waals surface area (Å²) in [6.07, 6.45) is 0.820. The van der Waals surface area contributed by atoms with Gasteiger partial charge in [0.2, 0.25) is 0 Å². The molecule has 3 unspecified atom stereocenters. The molecule has 0 amide bonds. The van der Waals surface area contributed by atoms with Crippen molar-refractivity contribution in [1.82, 2.24) is 5.32 Å². The molecule has 1 aliphatic heterocycles. The van der Waals surface area contributed by atoms with Crippen LogP contribution < -0.4 is 5.32 Å². The Labute approximate surface area is 102 Å². The molecule has 0 spiro atoms. The first-order valence-electron chi connectivity index (χ1n) is 5.63. The van der Waals surface area contributed by atoms with Gasteiger partial charge in [0.05, 0.1) is 0 Å². The van der Waals surface area contributed by atoms with Crippen LogP contribution in [0.4, 0.5) is 8.78 Å². The molecule has 0 aliphatic carbocycles. The lowest BCUT2D eigenvalue weighted by atomic mass is 10.1. The van der Waals surface area contributed by atoms with Crippen LogP contribution in [0.1, 0.15) is 24.9 Å². The van der Waals surface area contributed by atoms with Crippen LogP contribution >= 0.6 is 0 Å². The van der Waals surface area contributed by atoms with Gasteiger partial charge in [0.25, 0.3) is 0 Å². The fourth-order valence-electron chi connectivity index (χ4n) is 1.97. The van der Waals surface area contributed by atoms with Gasteiger partial charge in [-0.05, 0) is 30.7 Å². The summed E-state index contributed by atoms with van der Waals surface area (Å²) in [5.41, 5.74) is 0.532. The zero-order valence-corrected chi connectivity index (χ0v) is 10.4. The minimum absolute atomic E-state index is 0.130. The largest absolute Gasteiger partial charge is 0.309 e. The Hall–Kier alpha value is -0.810. The van der Waals surface area contributed by atoms with Gasteiger partial charge in [0.15, 0.2) is 0 Å². The lowest BCUT2D eigenvalue weighted by molar-refractivity contribution is 0.549. The second-order valence-electron chi connectivity index (χ2n) is 4.36. The van der Waals surface area contributed by atoms with E-state index in [9.17, 15) is 13.0 Å². The molecule has 3 atom stereocenters. The number of nitrogens with one attached hydrogen (secondary N) is 1. The van der Waals surface area contributed by atoms with Gasteiger partial charge in [-0.3, -0.25) is 4.21 Å². The van der Waals surface area contributed by atoms with Gasteiger partial charge in [0, 0.05) is 33.9 Å². The molecule has 5 heteroatoms. The lowest BCUT2D eigenvalue weighted by Crippen LogP contribution is -2.24. The van der Waals surface area contributed by atoms with Gasteiger partial charge in [-0.2, -0.15) is 0 Å². The van der Waals surface area contributed by atoms with Crippen molar-refractivity contribution in [3.05, 3.63) is 35.4 Å². The van der Waals surface area contributed by atoms with Crippen LogP contribution in [0.2, 0.25) is 0 Å². The molecule has 1 aliphatic rings. The summed E-state index contributed by atoms with van der Waals surface area (Å²) >= 11 is 0. The number of rotatable bonds is 1. The highest BCUT2D eigenvalue weighted by molar-refractivity contribution is 7.85. The van der Waals surface area contributed by atoms with Gasteiger partial charge in [-0.1, -0.05) is 6.92 Å². The number of hydrogen-bond acceptors (Lipinski definition) is 2. The van der Waals surface area contributed by atoms with Crippen LogP contribution in [0, 0.1) is 11.6 Å². The Morgan fingerprint density at radius 2 is 1.94 bits per heavy atom. The molecule has 0 saturated carbocycles. The molecular weight excluding hydrogens is 244 g/mol. The summed E-state index contributed by atoms with van der Waals surface area (Å²) in [4.78, 5) is 0. The van der Waals surface area contributed by atoms with Gasteiger partial charge in [-0.15, -0.1) is 0 Å². The number of halogens is 2. The topological polar surface area (TPSA) is 29.1 Å². The van der Waals surface area contributed by atoms with Crippen molar-refractivity contribution in [2.45, 2.75) is 24.6 Å². The molecule has 94 valence electrons. The second-order valence-corrected chi connectivity index (χ2v) is 6.26. The van der Waals surface area contributed by atoms with E-state index in [4.69, 9.17) is 0 Å². The molecule has 1 heterocycles. The molecule has 1 fully saturated rings. The van der Waals surface area contributed by atoms with Crippen molar-refractivity contribution in [3.63, 3.8) is 0 Å². The third-order valence-corrected chi connectivity index (χ3v) is 4.80. The van der Waals surface area contributed by atoms with Crippen molar-refractivity contribution in [1.29, 1.82) is 0 Å². The Morgan fingerprint density at radius 3 is 2.59 bits per heavy atom. The average Bonchev–Trinajstić information content (AvgIpc) is 2.40. The SMILES string of the molecule is CC1CCNC(c2cc(F)cc(F)c2)CS1=O. The highest BCUT2D eigenvalue weighted by Gasteiger charge is 2.23. The minimum atomic E-state index is -0.954. The Morgan fingerprint density at radius 1 is 1.29 bits per heavy atom. The van der Waals surface area contributed by atoms with E-state index in [1.807, 2.05) is 6.92 Å². The smallest absolute Gasteiger partial charge is 0.126 e. The van der Waals surface area contributed by atoms with E-state index in [1.165, 1.54) is 12.1 Å². The third kappa shape index (κ3) is 3.10. The summed E-state index contributed by atoms with van der Waals surface area (Å²) in [5.74, 6) is -0.779. The van der Waals surface area contributed by atoms with Crippen LogP contribution in [0.15, 0.2) is 18.2 Å². The first kappa shape index (κ1) is 12.6. The molecule has 1 aromatic rings. The van der Waals surface area contributed by atoms with Crippen molar-refractivity contribution >= 4 is 10.8 Å². The molecule has 2 rings (SSSR count). The van der Waals surface area contributed by atoms with E-state index in [2.05, 4.69) is 5.32 Å². The Bertz CT molecular complexity index is 418. The third-order valence-electron chi connectivity index (χ3n) is 3.01. The Kier molecular flexibility index (Phi) is 3.89. The van der Waals surface area contributed by atoms with Gasteiger partial charge < -0.3 is 5.32 Å². The van der Waals surface area contributed by atoms with Crippen molar-refractivity contribution in [3.8, 4) is 0 Å². The van der Waals surface area contributed by atoms with E-state index in [1.54, 1.807) is 0 Å². The van der Waals surface area contributed by atoms with Crippen LogP contribution in [0.5, 0.6) is 0 Å². The summed E-state index contributed by atoms with van der Waals surface area (Å²) in [5, 5.41) is 3.32. The average molecular weight is 259 g/mol.